The second kappa shape index (κ2) is 5.85. The van der Waals surface area contributed by atoms with Gasteiger partial charge in [-0.05, 0) is 17.7 Å². The minimum atomic E-state index is -0.864. The fourth-order valence-corrected chi connectivity index (χ4v) is 1.73. The zero-order chi connectivity index (χ0) is 14.5. The highest BCUT2D eigenvalue weighted by atomic mass is 19.1. The molecule has 0 fully saturated rings. The van der Waals surface area contributed by atoms with Crippen LogP contribution in [-0.4, -0.2) is 11.0 Å². The standard InChI is InChI=1S/C15H11FN2O2/c16-13-8-11(19)6-7-12(13)15(20)18-14(9-17)10-4-2-1-3-5-10/h1-8,14,19H,(H,18,20). The van der Waals surface area contributed by atoms with Crippen LogP contribution in [0.1, 0.15) is 22.0 Å². The molecule has 1 atom stereocenters. The Morgan fingerprint density at radius 2 is 1.95 bits per heavy atom. The van der Waals surface area contributed by atoms with Gasteiger partial charge in [-0.2, -0.15) is 5.26 Å². The van der Waals surface area contributed by atoms with Gasteiger partial charge in [0.2, 0.25) is 0 Å². The molecule has 0 aliphatic rings. The number of rotatable bonds is 3. The minimum Gasteiger partial charge on any atom is -0.508 e. The fourth-order valence-electron chi connectivity index (χ4n) is 1.73. The van der Waals surface area contributed by atoms with Gasteiger partial charge in [0.05, 0.1) is 11.6 Å². The number of nitriles is 1. The molecule has 20 heavy (non-hydrogen) atoms. The molecule has 0 spiro atoms. The van der Waals surface area contributed by atoms with Crippen molar-refractivity contribution >= 4 is 5.91 Å². The molecule has 5 heteroatoms. The first-order chi connectivity index (χ1) is 9.61. The lowest BCUT2D eigenvalue weighted by Crippen LogP contribution is -2.28. The normalized spacial score (nSPS) is 11.4. The molecule has 0 heterocycles. The van der Waals surface area contributed by atoms with E-state index in [0.717, 1.165) is 6.07 Å². The van der Waals surface area contributed by atoms with Gasteiger partial charge < -0.3 is 10.4 Å². The van der Waals surface area contributed by atoms with Crippen molar-refractivity contribution in [2.24, 2.45) is 0 Å². The summed E-state index contributed by atoms with van der Waals surface area (Å²) in [6.45, 7) is 0. The van der Waals surface area contributed by atoms with Crippen LogP contribution in [0, 0.1) is 17.1 Å². The van der Waals surface area contributed by atoms with Crippen LogP contribution in [0.4, 0.5) is 4.39 Å². The average molecular weight is 270 g/mol. The van der Waals surface area contributed by atoms with Gasteiger partial charge in [0, 0.05) is 6.07 Å². The highest BCUT2D eigenvalue weighted by molar-refractivity contribution is 5.95. The summed E-state index contributed by atoms with van der Waals surface area (Å²) in [5.74, 6) is -1.82. The van der Waals surface area contributed by atoms with Crippen LogP contribution in [0.2, 0.25) is 0 Å². The van der Waals surface area contributed by atoms with Crippen LogP contribution in [-0.2, 0) is 0 Å². The maximum atomic E-state index is 13.6. The number of nitrogens with one attached hydrogen (secondary N) is 1. The van der Waals surface area contributed by atoms with Crippen molar-refractivity contribution in [1.82, 2.24) is 5.32 Å². The number of phenolic OH excluding ortho intramolecular Hbond substituents is 1. The molecule has 4 nitrogen and oxygen atoms in total. The summed E-state index contributed by atoms with van der Waals surface area (Å²) in [5, 5.41) is 20.6. The third-order valence-electron chi connectivity index (χ3n) is 2.73. The Balaban J connectivity index is 2.20. The van der Waals surface area contributed by atoms with Crippen molar-refractivity contribution in [1.29, 1.82) is 5.26 Å². The number of carbonyl (C=O) groups is 1. The molecule has 1 unspecified atom stereocenters. The van der Waals surface area contributed by atoms with Gasteiger partial charge in [0.1, 0.15) is 17.6 Å². The Morgan fingerprint density at radius 3 is 2.55 bits per heavy atom. The molecule has 2 aromatic rings. The quantitative estimate of drug-likeness (QED) is 0.900. The SMILES string of the molecule is N#CC(NC(=O)c1ccc(O)cc1F)c1ccccc1. The van der Waals surface area contributed by atoms with Crippen LogP contribution in [0.5, 0.6) is 5.75 Å². The Kier molecular flexibility index (Phi) is 3.96. The van der Waals surface area contributed by atoms with Crippen LogP contribution in [0.15, 0.2) is 48.5 Å². The summed E-state index contributed by atoms with van der Waals surface area (Å²) in [6, 6.07) is 13.0. The number of nitrogens with zero attached hydrogens (tertiary/aromatic N) is 1. The highest BCUT2D eigenvalue weighted by Crippen LogP contribution is 2.17. The average Bonchev–Trinajstić information content (AvgIpc) is 2.45. The molecular weight excluding hydrogens is 259 g/mol. The monoisotopic (exact) mass is 270 g/mol. The van der Waals surface area contributed by atoms with E-state index in [-0.39, 0.29) is 11.3 Å². The van der Waals surface area contributed by atoms with Gasteiger partial charge in [0.15, 0.2) is 0 Å². The predicted octanol–water partition coefficient (Wildman–Crippen LogP) is 2.53. The lowest BCUT2D eigenvalue weighted by atomic mass is 10.1. The first-order valence-corrected chi connectivity index (χ1v) is 5.86. The maximum absolute atomic E-state index is 13.6. The smallest absolute Gasteiger partial charge is 0.255 e. The number of aromatic hydroxyl groups is 1. The van der Waals surface area contributed by atoms with Gasteiger partial charge in [-0.1, -0.05) is 30.3 Å². The third-order valence-corrected chi connectivity index (χ3v) is 2.73. The minimum absolute atomic E-state index is 0.223. The van der Waals surface area contributed by atoms with Crippen molar-refractivity contribution in [2.45, 2.75) is 6.04 Å². The molecule has 1 amide bonds. The second-order valence-electron chi connectivity index (χ2n) is 4.11. The van der Waals surface area contributed by atoms with Crippen molar-refractivity contribution in [3.8, 4) is 11.8 Å². The largest absolute Gasteiger partial charge is 0.508 e. The van der Waals surface area contributed by atoms with E-state index in [0.29, 0.717) is 5.56 Å². The lowest BCUT2D eigenvalue weighted by Gasteiger charge is -2.12. The van der Waals surface area contributed by atoms with Crippen LogP contribution in [0.25, 0.3) is 0 Å². The molecule has 0 aliphatic heterocycles. The van der Waals surface area contributed by atoms with E-state index in [9.17, 15) is 9.18 Å². The number of carbonyl (C=O) groups excluding carboxylic acids is 1. The van der Waals surface area contributed by atoms with Crippen LogP contribution < -0.4 is 5.32 Å². The molecule has 2 rings (SSSR count). The summed E-state index contributed by atoms with van der Waals surface area (Å²) in [6.07, 6.45) is 0. The van der Waals surface area contributed by atoms with Gasteiger partial charge in [-0.25, -0.2) is 4.39 Å². The number of benzene rings is 2. The maximum Gasteiger partial charge on any atom is 0.255 e. The Morgan fingerprint density at radius 1 is 1.25 bits per heavy atom. The molecule has 2 aromatic carbocycles. The fraction of sp³-hybridized carbons (Fsp3) is 0.0667. The highest BCUT2D eigenvalue weighted by Gasteiger charge is 2.17. The molecule has 2 N–H and O–H groups in total. The van der Waals surface area contributed by atoms with Crippen LogP contribution >= 0.6 is 0 Å². The van der Waals surface area contributed by atoms with Gasteiger partial charge in [0.25, 0.3) is 5.91 Å². The topological polar surface area (TPSA) is 73.1 Å². The molecule has 0 aromatic heterocycles. The lowest BCUT2D eigenvalue weighted by molar-refractivity contribution is 0.0941. The Labute approximate surface area is 115 Å². The summed E-state index contributed by atoms with van der Waals surface area (Å²) in [7, 11) is 0. The summed E-state index contributed by atoms with van der Waals surface area (Å²) < 4.78 is 13.6. The Bertz CT molecular complexity index is 665. The Hall–Kier alpha value is -2.87. The van der Waals surface area contributed by atoms with E-state index in [4.69, 9.17) is 10.4 Å². The van der Waals surface area contributed by atoms with E-state index in [1.165, 1.54) is 12.1 Å². The van der Waals surface area contributed by atoms with Crippen molar-refractivity contribution in [3.63, 3.8) is 0 Å². The van der Waals surface area contributed by atoms with Gasteiger partial charge in [-0.15, -0.1) is 0 Å². The first-order valence-electron chi connectivity index (χ1n) is 5.86. The van der Waals surface area contributed by atoms with E-state index in [1.54, 1.807) is 30.3 Å². The van der Waals surface area contributed by atoms with Crippen LogP contribution in [0.3, 0.4) is 0 Å². The molecule has 0 aliphatic carbocycles. The molecule has 0 radical (unpaired) electrons. The zero-order valence-electron chi connectivity index (χ0n) is 10.4. The van der Waals surface area contributed by atoms with E-state index in [2.05, 4.69) is 5.32 Å². The number of hydrogen-bond donors (Lipinski definition) is 2. The van der Waals surface area contributed by atoms with Crippen molar-refractivity contribution in [3.05, 3.63) is 65.5 Å². The molecular formula is C15H11FN2O2. The number of phenols is 1. The van der Waals surface area contributed by atoms with E-state index in [1.807, 2.05) is 6.07 Å². The number of halogens is 1. The van der Waals surface area contributed by atoms with Gasteiger partial charge in [-0.3, -0.25) is 4.79 Å². The molecule has 0 bridgehead atoms. The van der Waals surface area contributed by atoms with E-state index < -0.39 is 17.8 Å². The number of amides is 1. The van der Waals surface area contributed by atoms with Crippen molar-refractivity contribution < 1.29 is 14.3 Å². The number of hydrogen-bond acceptors (Lipinski definition) is 3. The third kappa shape index (κ3) is 2.93. The predicted molar refractivity (Wildman–Crippen MR) is 70.3 cm³/mol. The zero-order valence-corrected chi connectivity index (χ0v) is 10.4. The molecule has 0 saturated carbocycles. The van der Waals surface area contributed by atoms with E-state index >= 15 is 0 Å². The summed E-state index contributed by atoms with van der Waals surface area (Å²) in [5.41, 5.74) is 0.390. The molecule has 0 saturated heterocycles. The second-order valence-corrected chi connectivity index (χ2v) is 4.11. The molecule has 100 valence electrons. The summed E-state index contributed by atoms with van der Waals surface area (Å²) >= 11 is 0. The van der Waals surface area contributed by atoms with Gasteiger partial charge >= 0.3 is 0 Å². The first kappa shape index (κ1) is 13.6. The van der Waals surface area contributed by atoms with Crippen molar-refractivity contribution in [2.75, 3.05) is 0 Å². The summed E-state index contributed by atoms with van der Waals surface area (Å²) in [4.78, 5) is 11.9.